The third kappa shape index (κ3) is 3.60. The van der Waals surface area contributed by atoms with E-state index in [0.29, 0.717) is 10.2 Å². The molecule has 0 atom stereocenters. The van der Waals surface area contributed by atoms with Gasteiger partial charge in [0.15, 0.2) is 0 Å². The van der Waals surface area contributed by atoms with Crippen molar-refractivity contribution in [2.24, 2.45) is 0 Å². The first-order valence-electron chi connectivity index (χ1n) is 5.52. The molecule has 1 heterocycles. The third-order valence-corrected chi connectivity index (χ3v) is 3.01. The predicted molar refractivity (Wildman–Crippen MR) is 73.1 cm³/mol. The fourth-order valence-corrected chi connectivity index (χ4v) is 1.77. The van der Waals surface area contributed by atoms with E-state index in [1.807, 2.05) is 13.8 Å². The summed E-state index contributed by atoms with van der Waals surface area (Å²) < 4.78 is 1.96. The van der Waals surface area contributed by atoms with E-state index < -0.39 is 0 Å². The van der Waals surface area contributed by atoms with Gasteiger partial charge in [0.05, 0.1) is 17.9 Å². The number of nitrogens with one attached hydrogen (secondary N) is 1. The zero-order valence-electron chi connectivity index (χ0n) is 10.0. The van der Waals surface area contributed by atoms with Crippen molar-refractivity contribution in [2.45, 2.75) is 32.7 Å². The first kappa shape index (κ1) is 13.8. The normalized spacial score (nSPS) is 10.3. The summed E-state index contributed by atoms with van der Waals surface area (Å²) >= 11 is 3.29. The van der Waals surface area contributed by atoms with Crippen LogP contribution in [0.25, 0.3) is 0 Å². The maximum absolute atomic E-state index is 11.9. The number of halogens is 1. The van der Waals surface area contributed by atoms with Gasteiger partial charge in [-0.15, -0.1) is 12.3 Å². The Hall–Kier alpha value is -1.28. The molecule has 0 fully saturated rings. The number of nitrogens with zero attached hydrogens (tertiary/aromatic N) is 2. The molecule has 0 bridgehead atoms. The van der Waals surface area contributed by atoms with Gasteiger partial charge in [-0.2, -0.15) is 5.10 Å². The van der Waals surface area contributed by atoms with Crippen molar-refractivity contribution >= 4 is 21.6 Å². The lowest BCUT2D eigenvalue weighted by Crippen LogP contribution is -2.26. The van der Waals surface area contributed by atoms with Gasteiger partial charge in [0.25, 0.3) is 5.56 Å². The van der Waals surface area contributed by atoms with E-state index in [2.05, 4.69) is 32.3 Å². The molecule has 0 aliphatic carbocycles. The summed E-state index contributed by atoms with van der Waals surface area (Å²) in [5, 5.41) is 7.25. The summed E-state index contributed by atoms with van der Waals surface area (Å²) in [6, 6.07) is 0.0503. The Kier molecular flexibility index (Phi) is 5.23. The Labute approximate surface area is 110 Å². The Morgan fingerprint density at radius 2 is 2.35 bits per heavy atom. The van der Waals surface area contributed by atoms with Crippen LogP contribution < -0.4 is 10.9 Å². The van der Waals surface area contributed by atoms with E-state index in [4.69, 9.17) is 6.42 Å². The number of hydrogen-bond acceptors (Lipinski definition) is 3. The minimum Gasteiger partial charge on any atom is -0.383 e. The second kappa shape index (κ2) is 6.45. The van der Waals surface area contributed by atoms with E-state index in [1.165, 1.54) is 4.68 Å². The van der Waals surface area contributed by atoms with E-state index in [1.54, 1.807) is 6.20 Å². The molecule has 0 unspecified atom stereocenters. The molecule has 1 aromatic rings. The highest BCUT2D eigenvalue weighted by Crippen LogP contribution is 2.17. The zero-order valence-corrected chi connectivity index (χ0v) is 11.6. The fourth-order valence-electron chi connectivity index (χ4n) is 1.35. The van der Waals surface area contributed by atoms with Crippen LogP contribution in [0.4, 0.5) is 5.69 Å². The molecule has 5 heteroatoms. The third-order valence-electron chi connectivity index (χ3n) is 2.25. The molecular weight excluding hydrogens is 282 g/mol. The van der Waals surface area contributed by atoms with E-state index in [0.717, 1.165) is 19.4 Å². The molecule has 0 aliphatic heterocycles. The molecule has 0 amide bonds. The Balaban J connectivity index is 2.80. The highest BCUT2D eigenvalue weighted by atomic mass is 79.9. The van der Waals surface area contributed by atoms with Crippen molar-refractivity contribution in [2.75, 3.05) is 11.9 Å². The van der Waals surface area contributed by atoms with Crippen molar-refractivity contribution < 1.29 is 0 Å². The summed E-state index contributed by atoms with van der Waals surface area (Å²) in [7, 11) is 0. The van der Waals surface area contributed by atoms with Crippen molar-refractivity contribution in [3.63, 3.8) is 0 Å². The number of unbranched alkanes of at least 4 members (excludes halogenated alkanes) is 1. The first-order valence-corrected chi connectivity index (χ1v) is 6.32. The molecule has 0 saturated carbocycles. The quantitative estimate of drug-likeness (QED) is 0.671. The maximum Gasteiger partial charge on any atom is 0.283 e. The number of aromatic nitrogens is 2. The van der Waals surface area contributed by atoms with Crippen molar-refractivity contribution in [3.8, 4) is 12.3 Å². The highest BCUT2D eigenvalue weighted by Gasteiger charge is 2.09. The largest absolute Gasteiger partial charge is 0.383 e. The van der Waals surface area contributed by atoms with Gasteiger partial charge in [0, 0.05) is 13.0 Å². The second-order valence-corrected chi connectivity index (χ2v) is 4.74. The Morgan fingerprint density at radius 3 is 2.94 bits per heavy atom. The summed E-state index contributed by atoms with van der Waals surface area (Å²) in [5.41, 5.74) is 0.589. The lowest BCUT2D eigenvalue weighted by Gasteiger charge is -2.12. The molecule has 1 N–H and O–H groups in total. The Morgan fingerprint density at radius 1 is 1.65 bits per heavy atom. The van der Waals surface area contributed by atoms with Crippen LogP contribution in [-0.2, 0) is 0 Å². The van der Waals surface area contributed by atoms with Gasteiger partial charge in [-0.05, 0) is 36.2 Å². The van der Waals surface area contributed by atoms with Crippen LogP contribution in [0.5, 0.6) is 0 Å². The molecule has 1 aromatic heterocycles. The maximum atomic E-state index is 11.9. The molecule has 0 aliphatic rings. The van der Waals surface area contributed by atoms with E-state index in [-0.39, 0.29) is 11.6 Å². The minimum atomic E-state index is -0.123. The summed E-state index contributed by atoms with van der Waals surface area (Å²) in [5.74, 6) is 2.57. The zero-order chi connectivity index (χ0) is 12.8. The Bertz CT molecular complexity index is 474. The number of terminal acetylenes is 1. The molecule has 0 radical (unpaired) electrons. The smallest absolute Gasteiger partial charge is 0.283 e. The average molecular weight is 298 g/mol. The van der Waals surface area contributed by atoms with Crippen LogP contribution in [0.15, 0.2) is 15.5 Å². The molecule has 0 aromatic carbocycles. The van der Waals surface area contributed by atoms with Gasteiger partial charge < -0.3 is 5.32 Å². The van der Waals surface area contributed by atoms with Gasteiger partial charge >= 0.3 is 0 Å². The van der Waals surface area contributed by atoms with Crippen LogP contribution >= 0.6 is 15.9 Å². The van der Waals surface area contributed by atoms with Crippen molar-refractivity contribution in [1.29, 1.82) is 0 Å². The standard InChI is InChI=1S/C12H16BrN3O/c1-4-5-6-7-14-10-8-15-16(9(2)3)12(17)11(10)13/h1,8-9,14H,5-7H2,2-3H3. The van der Waals surface area contributed by atoms with Crippen LogP contribution in [0.3, 0.4) is 0 Å². The number of anilines is 1. The SMILES string of the molecule is C#CCCCNc1cnn(C(C)C)c(=O)c1Br. The molecule has 92 valence electrons. The first-order chi connectivity index (χ1) is 8.07. The topological polar surface area (TPSA) is 46.9 Å². The monoisotopic (exact) mass is 297 g/mol. The van der Waals surface area contributed by atoms with Crippen molar-refractivity contribution in [3.05, 3.63) is 21.0 Å². The second-order valence-electron chi connectivity index (χ2n) is 3.95. The minimum absolute atomic E-state index is 0.0503. The molecule has 17 heavy (non-hydrogen) atoms. The summed E-state index contributed by atoms with van der Waals surface area (Å²) in [6.45, 7) is 4.57. The van der Waals surface area contributed by atoms with E-state index in [9.17, 15) is 4.79 Å². The van der Waals surface area contributed by atoms with Gasteiger partial charge in [-0.1, -0.05) is 0 Å². The fraction of sp³-hybridized carbons (Fsp3) is 0.500. The molecule has 4 nitrogen and oxygen atoms in total. The number of rotatable bonds is 5. The number of hydrogen-bond donors (Lipinski definition) is 1. The lowest BCUT2D eigenvalue weighted by molar-refractivity contribution is 0.501. The lowest BCUT2D eigenvalue weighted by atomic mass is 10.3. The van der Waals surface area contributed by atoms with Gasteiger partial charge in [-0.25, -0.2) is 4.68 Å². The molecule has 0 spiro atoms. The highest BCUT2D eigenvalue weighted by molar-refractivity contribution is 9.10. The summed E-state index contributed by atoms with van der Waals surface area (Å²) in [4.78, 5) is 11.9. The van der Waals surface area contributed by atoms with E-state index >= 15 is 0 Å². The van der Waals surface area contributed by atoms with Crippen LogP contribution in [0, 0.1) is 12.3 Å². The van der Waals surface area contributed by atoms with Gasteiger partial charge in [0.2, 0.25) is 0 Å². The van der Waals surface area contributed by atoms with Crippen molar-refractivity contribution in [1.82, 2.24) is 9.78 Å². The molecular formula is C12H16BrN3O. The van der Waals surface area contributed by atoms with Gasteiger partial charge in [-0.3, -0.25) is 4.79 Å². The molecule has 0 saturated heterocycles. The van der Waals surface area contributed by atoms with Gasteiger partial charge in [0.1, 0.15) is 4.47 Å². The molecule has 1 rings (SSSR count). The van der Waals surface area contributed by atoms with Crippen LogP contribution in [0.2, 0.25) is 0 Å². The van der Waals surface area contributed by atoms with Crippen LogP contribution in [0.1, 0.15) is 32.7 Å². The summed E-state index contributed by atoms with van der Waals surface area (Å²) in [6.07, 6.45) is 8.41. The average Bonchev–Trinajstić information content (AvgIpc) is 2.29. The predicted octanol–water partition coefficient (Wildman–Crippen LogP) is 2.41. The van der Waals surface area contributed by atoms with Crippen LogP contribution in [-0.4, -0.2) is 16.3 Å².